The summed E-state index contributed by atoms with van der Waals surface area (Å²) in [6, 6.07) is 0. The smallest absolute Gasteiger partial charge is 0.102 e. The average Bonchev–Trinajstić information content (AvgIpc) is 2.71. The Morgan fingerprint density at radius 3 is 2.89 bits per heavy atom. The van der Waals surface area contributed by atoms with Crippen LogP contribution in [0.15, 0.2) is 45.0 Å². The van der Waals surface area contributed by atoms with Crippen LogP contribution in [0.3, 0.4) is 0 Å². The van der Waals surface area contributed by atoms with Crippen LogP contribution in [0.1, 0.15) is 12.6 Å². The molecule has 1 aromatic heterocycles. The second kappa shape index (κ2) is 5.68. The van der Waals surface area contributed by atoms with E-state index in [9.17, 15) is 5.21 Å². The van der Waals surface area contributed by atoms with Crippen LogP contribution in [0.25, 0.3) is 0 Å². The van der Waals surface area contributed by atoms with Crippen LogP contribution in [-0.2, 0) is 0 Å². The predicted octanol–water partition coefficient (Wildman–Crippen LogP) is 2.19. The van der Waals surface area contributed by atoms with Crippen molar-refractivity contribution in [1.29, 1.82) is 0 Å². The first kappa shape index (κ1) is 13.3. The van der Waals surface area contributed by atoms with Crippen molar-refractivity contribution in [2.75, 3.05) is 13.1 Å². The van der Waals surface area contributed by atoms with Crippen LogP contribution in [-0.4, -0.2) is 39.0 Å². The van der Waals surface area contributed by atoms with Gasteiger partial charge in [0.2, 0.25) is 0 Å². The van der Waals surface area contributed by atoms with E-state index in [2.05, 4.69) is 44.1 Å². The minimum Gasteiger partial charge on any atom is -0.313 e. The monoisotopic (exact) mass is 356 g/mol. The molecule has 2 rings (SSSR count). The van der Waals surface area contributed by atoms with Crippen LogP contribution in [0.5, 0.6) is 0 Å². The SMILES string of the molecule is C=C(I)C1=C(N=C(C)c2cnccn2)CN(O)C1. The summed E-state index contributed by atoms with van der Waals surface area (Å²) in [6.45, 7) is 6.65. The van der Waals surface area contributed by atoms with Crippen molar-refractivity contribution in [3.8, 4) is 0 Å². The van der Waals surface area contributed by atoms with E-state index in [0.29, 0.717) is 13.1 Å². The Kier molecular flexibility index (Phi) is 4.20. The average molecular weight is 356 g/mol. The van der Waals surface area contributed by atoms with Gasteiger partial charge in [-0.2, -0.15) is 5.06 Å². The third-order valence-corrected chi connectivity index (χ3v) is 3.24. The summed E-state index contributed by atoms with van der Waals surface area (Å²) in [5.74, 6) is 0. The Labute approximate surface area is 119 Å². The van der Waals surface area contributed by atoms with E-state index >= 15 is 0 Å². The van der Waals surface area contributed by atoms with Gasteiger partial charge < -0.3 is 5.21 Å². The zero-order chi connectivity index (χ0) is 13.1. The highest BCUT2D eigenvalue weighted by Crippen LogP contribution is 2.26. The van der Waals surface area contributed by atoms with Gasteiger partial charge in [-0.05, 0) is 29.5 Å². The van der Waals surface area contributed by atoms with Gasteiger partial charge in [0.1, 0.15) is 5.69 Å². The molecule has 0 aromatic carbocycles. The molecule has 94 valence electrons. The maximum absolute atomic E-state index is 9.55. The van der Waals surface area contributed by atoms with Crippen molar-refractivity contribution in [3.05, 3.63) is 45.7 Å². The Hall–Kier alpha value is -1.12. The molecule has 0 radical (unpaired) electrons. The molecule has 0 atom stereocenters. The Balaban J connectivity index is 2.32. The molecule has 0 amide bonds. The molecule has 0 saturated carbocycles. The molecular formula is C12H13IN4O. The largest absolute Gasteiger partial charge is 0.313 e. The fraction of sp³-hybridized carbons (Fsp3) is 0.250. The van der Waals surface area contributed by atoms with Crippen molar-refractivity contribution >= 4 is 28.3 Å². The number of hydroxylamine groups is 2. The zero-order valence-electron chi connectivity index (χ0n) is 9.97. The summed E-state index contributed by atoms with van der Waals surface area (Å²) < 4.78 is 0.898. The van der Waals surface area contributed by atoms with Gasteiger partial charge in [0, 0.05) is 21.5 Å². The maximum atomic E-state index is 9.55. The van der Waals surface area contributed by atoms with Gasteiger partial charge >= 0.3 is 0 Å². The minimum absolute atomic E-state index is 0.412. The normalized spacial score (nSPS) is 17.4. The van der Waals surface area contributed by atoms with Crippen LogP contribution in [0, 0.1) is 0 Å². The highest BCUT2D eigenvalue weighted by molar-refractivity contribution is 14.1. The van der Waals surface area contributed by atoms with Crippen molar-refractivity contribution < 1.29 is 5.21 Å². The minimum atomic E-state index is 0.412. The van der Waals surface area contributed by atoms with Crippen LogP contribution < -0.4 is 0 Å². The lowest BCUT2D eigenvalue weighted by atomic mass is 10.2. The zero-order valence-corrected chi connectivity index (χ0v) is 12.1. The first-order valence-electron chi connectivity index (χ1n) is 5.40. The van der Waals surface area contributed by atoms with Crippen LogP contribution in [0.4, 0.5) is 0 Å². The van der Waals surface area contributed by atoms with Gasteiger partial charge in [-0.15, -0.1) is 0 Å². The van der Waals surface area contributed by atoms with E-state index in [0.717, 1.165) is 26.3 Å². The van der Waals surface area contributed by atoms with Gasteiger partial charge in [-0.25, -0.2) is 0 Å². The molecular weight excluding hydrogens is 343 g/mol. The second-order valence-electron chi connectivity index (χ2n) is 3.94. The third kappa shape index (κ3) is 3.01. The number of halogens is 1. The molecule has 1 N–H and O–H groups in total. The van der Waals surface area contributed by atoms with E-state index in [1.807, 2.05) is 6.92 Å². The molecule has 1 aliphatic rings. The lowest BCUT2D eigenvalue weighted by Gasteiger charge is -2.03. The molecule has 6 heteroatoms. The number of hydrogen-bond donors (Lipinski definition) is 1. The van der Waals surface area contributed by atoms with E-state index in [4.69, 9.17) is 0 Å². The van der Waals surface area contributed by atoms with Crippen LogP contribution >= 0.6 is 22.6 Å². The molecule has 0 fully saturated rings. The van der Waals surface area contributed by atoms with Gasteiger partial charge in [0.15, 0.2) is 0 Å². The standard InChI is InChI=1S/C12H13IN4O/c1-8(13)10-6-17(18)7-12(10)16-9(2)11-5-14-3-4-15-11/h3-5,18H,1,6-7H2,2H3. The quantitative estimate of drug-likeness (QED) is 0.666. The lowest BCUT2D eigenvalue weighted by molar-refractivity contribution is -0.0648. The van der Waals surface area contributed by atoms with Crippen molar-refractivity contribution in [1.82, 2.24) is 15.0 Å². The Bertz CT molecular complexity index is 524. The van der Waals surface area contributed by atoms with Gasteiger partial charge in [-0.1, -0.05) is 6.58 Å². The molecule has 1 aliphatic heterocycles. The van der Waals surface area contributed by atoms with Gasteiger partial charge in [0.25, 0.3) is 0 Å². The molecule has 0 bridgehead atoms. The molecule has 0 spiro atoms. The summed E-state index contributed by atoms with van der Waals surface area (Å²) in [5.41, 5.74) is 3.32. The number of aromatic nitrogens is 2. The summed E-state index contributed by atoms with van der Waals surface area (Å²) in [7, 11) is 0. The first-order valence-corrected chi connectivity index (χ1v) is 6.48. The van der Waals surface area contributed by atoms with E-state index in [1.54, 1.807) is 18.6 Å². The molecule has 1 aromatic rings. The Morgan fingerprint density at radius 2 is 2.28 bits per heavy atom. The summed E-state index contributed by atoms with van der Waals surface area (Å²) in [4.78, 5) is 12.7. The summed E-state index contributed by atoms with van der Waals surface area (Å²) in [5, 5.41) is 10.8. The van der Waals surface area contributed by atoms with Gasteiger partial charge in [-0.3, -0.25) is 15.0 Å². The number of nitrogens with zero attached hydrogens (tertiary/aromatic N) is 4. The van der Waals surface area contributed by atoms with Crippen molar-refractivity contribution in [2.24, 2.45) is 4.99 Å². The highest BCUT2D eigenvalue weighted by Gasteiger charge is 2.21. The predicted molar refractivity (Wildman–Crippen MR) is 77.8 cm³/mol. The number of rotatable bonds is 3. The molecule has 0 aliphatic carbocycles. The van der Waals surface area contributed by atoms with E-state index in [1.165, 1.54) is 5.06 Å². The summed E-state index contributed by atoms with van der Waals surface area (Å²) in [6.07, 6.45) is 4.93. The highest BCUT2D eigenvalue weighted by atomic mass is 127. The fourth-order valence-corrected chi connectivity index (χ4v) is 2.17. The molecule has 2 heterocycles. The van der Waals surface area contributed by atoms with E-state index < -0.39 is 0 Å². The fourth-order valence-electron chi connectivity index (χ4n) is 1.69. The number of aliphatic imine (C=N–C) groups is 1. The topological polar surface area (TPSA) is 61.6 Å². The van der Waals surface area contributed by atoms with Crippen molar-refractivity contribution in [2.45, 2.75) is 6.92 Å². The maximum Gasteiger partial charge on any atom is 0.102 e. The molecule has 0 unspecified atom stereocenters. The molecule has 5 nitrogen and oxygen atoms in total. The molecule has 18 heavy (non-hydrogen) atoms. The van der Waals surface area contributed by atoms with Gasteiger partial charge in [0.05, 0.1) is 30.7 Å². The van der Waals surface area contributed by atoms with E-state index in [-0.39, 0.29) is 0 Å². The first-order chi connectivity index (χ1) is 8.58. The number of hydrogen-bond acceptors (Lipinski definition) is 5. The third-order valence-electron chi connectivity index (χ3n) is 2.59. The summed E-state index contributed by atoms with van der Waals surface area (Å²) >= 11 is 2.14. The second-order valence-corrected chi connectivity index (χ2v) is 5.24. The lowest BCUT2D eigenvalue weighted by Crippen LogP contribution is -2.15. The van der Waals surface area contributed by atoms with Crippen molar-refractivity contribution in [3.63, 3.8) is 0 Å². The van der Waals surface area contributed by atoms with Crippen LogP contribution in [0.2, 0.25) is 0 Å². The Morgan fingerprint density at radius 1 is 1.50 bits per heavy atom. The molecule has 0 saturated heterocycles.